The molecular formula is C27H29NO5. The monoisotopic (exact) mass is 447 g/mol. The first kappa shape index (κ1) is 23.9. The highest BCUT2D eigenvalue weighted by Crippen LogP contribution is 2.29. The fourth-order valence-corrected chi connectivity index (χ4v) is 3.34. The predicted molar refractivity (Wildman–Crippen MR) is 127 cm³/mol. The van der Waals surface area contributed by atoms with E-state index in [4.69, 9.17) is 14.2 Å². The SMILES string of the molecule is COc1cc(C(=O)OC(C)C(=O)NC(c2ccccc2)c2ccccc2)ccc1OC(C)C. The second-order valence-electron chi connectivity index (χ2n) is 7.84. The lowest BCUT2D eigenvalue weighted by Gasteiger charge is -2.22. The molecule has 0 saturated carbocycles. The molecule has 1 N–H and O–H groups in total. The van der Waals surface area contributed by atoms with Gasteiger partial charge >= 0.3 is 5.97 Å². The minimum absolute atomic E-state index is 0.0393. The second kappa shape index (κ2) is 11.2. The van der Waals surface area contributed by atoms with E-state index < -0.39 is 18.0 Å². The first-order valence-electron chi connectivity index (χ1n) is 10.8. The largest absolute Gasteiger partial charge is 0.493 e. The molecule has 6 nitrogen and oxygen atoms in total. The average molecular weight is 448 g/mol. The molecule has 0 fully saturated rings. The van der Waals surface area contributed by atoms with Gasteiger partial charge in [-0.3, -0.25) is 4.79 Å². The maximum Gasteiger partial charge on any atom is 0.339 e. The van der Waals surface area contributed by atoms with E-state index >= 15 is 0 Å². The zero-order valence-electron chi connectivity index (χ0n) is 19.3. The molecule has 0 bridgehead atoms. The number of rotatable bonds is 9. The van der Waals surface area contributed by atoms with Gasteiger partial charge in [-0.25, -0.2) is 4.79 Å². The molecule has 3 aromatic carbocycles. The fourth-order valence-electron chi connectivity index (χ4n) is 3.34. The maximum absolute atomic E-state index is 12.9. The van der Waals surface area contributed by atoms with Crippen LogP contribution in [0.1, 0.15) is 48.3 Å². The standard InChI is InChI=1S/C27H29NO5/c1-18(2)32-23-16-15-22(17-24(23)31-4)27(30)33-19(3)26(29)28-25(20-11-7-5-8-12-20)21-13-9-6-10-14-21/h5-19,25H,1-4H3,(H,28,29). The third kappa shape index (κ3) is 6.35. The van der Waals surface area contributed by atoms with Crippen LogP contribution in [0.15, 0.2) is 78.9 Å². The number of esters is 1. The highest BCUT2D eigenvalue weighted by atomic mass is 16.5. The van der Waals surface area contributed by atoms with Gasteiger partial charge in [0.15, 0.2) is 17.6 Å². The van der Waals surface area contributed by atoms with Crippen molar-refractivity contribution in [2.24, 2.45) is 0 Å². The maximum atomic E-state index is 12.9. The van der Waals surface area contributed by atoms with Gasteiger partial charge in [-0.1, -0.05) is 60.7 Å². The van der Waals surface area contributed by atoms with Crippen molar-refractivity contribution < 1.29 is 23.8 Å². The number of hydrogen-bond acceptors (Lipinski definition) is 5. The number of carbonyl (C=O) groups excluding carboxylic acids is 2. The van der Waals surface area contributed by atoms with E-state index in [2.05, 4.69) is 5.32 Å². The Balaban J connectivity index is 1.72. The number of hydrogen-bond donors (Lipinski definition) is 1. The first-order chi connectivity index (χ1) is 15.9. The van der Waals surface area contributed by atoms with Crippen molar-refractivity contribution >= 4 is 11.9 Å². The molecule has 6 heteroatoms. The van der Waals surface area contributed by atoms with Gasteiger partial charge in [0.2, 0.25) is 0 Å². The molecule has 33 heavy (non-hydrogen) atoms. The minimum atomic E-state index is -0.995. The average Bonchev–Trinajstić information content (AvgIpc) is 2.83. The third-order valence-electron chi connectivity index (χ3n) is 4.97. The van der Waals surface area contributed by atoms with E-state index in [1.807, 2.05) is 74.5 Å². The highest BCUT2D eigenvalue weighted by Gasteiger charge is 2.24. The zero-order chi connectivity index (χ0) is 23.8. The summed E-state index contributed by atoms with van der Waals surface area (Å²) in [6, 6.07) is 23.7. The summed E-state index contributed by atoms with van der Waals surface area (Å²) in [6.45, 7) is 5.36. The van der Waals surface area contributed by atoms with E-state index in [1.54, 1.807) is 25.1 Å². The molecule has 3 rings (SSSR count). The highest BCUT2D eigenvalue weighted by molar-refractivity contribution is 5.93. The molecule has 0 aromatic heterocycles. The van der Waals surface area contributed by atoms with Gasteiger partial charge in [-0.05, 0) is 50.1 Å². The molecule has 0 heterocycles. The lowest BCUT2D eigenvalue weighted by atomic mass is 9.98. The molecule has 0 spiro atoms. The summed E-state index contributed by atoms with van der Waals surface area (Å²) < 4.78 is 16.4. The van der Waals surface area contributed by atoms with Crippen molar-refractivity contribution in [2.45, 2.75) is 39.0 Å². The molecule has 3 aromatic rings. The Kier molecular flexibility index (Phi) is 8.08. The van der Waals surface area contributed by atoms with Crippen molar-refractivity contribution in [3.05, 3.63) is 95.6 Å². The number of methoxy groups -OCH3 is 1. The number of nitrogens with one attached hydrogen (secondary N) is 1. The molecular weight excluding hydrogens is 418 g/mol. The van der Waals surface area contributed by atoms with Gasteiger partial charge < -0.3 is 19.5 Å². The summed E-state index contributed by atoms with van der Waals surface area (Å²) in [5.74, 6) is -0.0670. The molecule has 0 aliphatic carbocycles. The van der Waals surface area contributed by atoms with Gasteiger partial charge in [-0.2, -0.15) is 0 Å². The van der Waals surface area contributed by atoms with Crippen molar-refractivity contribution in [3.63, 3.8) is 0 Å². The fraction of sp³-hybridized carbons (Fsp3) is 0.259. The van der Waals surface area contributed by atoms with Gasteiger partial charge in [0, 0.05) is 0 Å². The molecule has 0 saturated heterocycles. The minimum Gasteiger partial charge on any atom is -0.493 e. The van der Waals surface area contributed by atoms with Crippen LogP contribution in [0.3, 0.4) is 0 Å². The topological polar surface area (TPSA) is 73.9 Å². The number of benzene rings is 3. The first-order valence-corrected chi connectivity index (χ1v) is 10.8. The van der Waals surface area contributed by atoms with E-state index in [9.17, 15) is 9.59 Å². The van der Waals surface area contributed by atoms with Crippen molar-refractivity contribution in [2.75, 3.05) is 7.11 Å². The lowest BCUT2D eigenvalue weighted by Crippen LogP contribution is -2.38. The molecule has 1 atom stereocenters. The second-order valence-corrected chi connectivity index (χ2v) is 7.84. The summed E-state index contributed by atoms with van der Waals surface area (Å²) >= 11 is 0. The van der Waals surface area contributed by atoms with Crippen LogP contribution in [-0.4, -0.2) is 31.2 Å². The molecule has 0 aliphatic rings. The van der Waals surface area contributed by atoms with Crippen LogP contribution in [0.25, 0.3) is 0 Å². The molecule has 1 unspecified atom stereocenters. The van der Waals surface area contributed by atoms with Crippen LogP contribution in [0.2, 0.25) is 0 Å². The van der Waals surface area contributed by atoms with Crippen LogP contribution < -0.4 is 14.8 Å². The van der Waals surface area contributed by atoms with Crippen molar-refractivity contribution in [3.8, 4) is 11.5 Å². The lowest BCUT2D eigenvalue weighted by molar-refractivity contribution is -0.129. The van der Waals surface area contributed by atoms with Gasteiger partial charge in [0.1, 0.15) is 0 Å². The summed E-state index contributed by atoms with van der Waals surface area (Å²) in [6.07, 6.45) is -1.03. The molecule has 172 valence electrons. The third-order valence-corrected chi connectivity index (χ3v) is 4.97. The smallest absolute Gasteiger partial charge is 0.339 e. The number of carbonyl (C=O) groups is 2. The van der Waals surface area contributed by atoms with Crippen LogP contribution in [0.5, 0.6) is 11.5 Å². The zero-order valence-corrected chi connectivity index (χ0v) is 19.3. The Morgan fingerprint density at radius 3 is 1.88 bits per heavy atom. The van der Waals surface area contributed by atoms with Crippen LogP contribution in [0.4, 0.5) is 0 Å². The predicted octanol–water partition coefficient (Wildman–Crippen LogP) is 4.93. The van der Waals surface area contributed by atoms with E-state index in [-0.39, 0.29) is 17.7 Å². The van der Waals surface area contributed by atoms with E-state index in [0.717, 1.165) is 11.1 Å². The summed E-state index contributed by atoms with van der Waals surface area (Å²) in [5, 5.41) is 3.00. The van der Waals surface area contributed by atoms with E-state index in [1.165, 1.54) is 7.11 Å². The molecule has 0 radical (unpaired) electrons. The quantitative estimate of drug-likeness (QED) is 0.471. The van der Waals surface area contributed by atoms with Gasteiger partial charge in [0.25, 0.3) is 5.91 Å². The van der Waals surface area contributed by atoms with Gasteiger partial charge in [0.05, 0.1) is 24.8 Å². The summed E-state index contributed by atoms with van der Waals surface area (Å²) in [5.41, 5.74) is 2.13. The molecule has 0 aliphatic heterocycles. The van der Waals surface area contributed by atoms with Crippen LogP contribution in [0, 0.1) is 0 Å². The van der Waals surface area contributed by atoms with Crippen molar-refractivity contribution in [1.29, 1.82) is 0 Å². The summed E-state index contributed by atoms with van der Waals surface area (Å²) in [4.78, 5) is 25.6. The number of ether oxygens (including phenoxy) is 3. The Morgan fingerprint density at radius 2 is 1.36 bits per heavy atom. The molecule has 1 amide bonds. The Hall–Kier alpha value is -3.80. The van der Waals surface area contributed by atoms with Crippen LogP contribution in [-0.2, 0) is 9.53 Å². The van der Waals surface area contributed by atoms with Crippen LogP contribution >= 0.6 is 0 Å². The van der Waals surface area contributed by atoms with E-state index in [0.29, 0.717) is 11.5 Å². The normalized spacial score (nSPS) is 11.7. The summed E-state index contributed by atoms with van der Waals surface area (Å²) in [7, 11) is 1.50. The van der Waals surface area contributed by atoms with Gasteiger partial charge in [-0.15, -0.1) is 0 Å². The number of amides is 1. The van der Waals surface area contributed by atoms with Crippen molar-refractivity contribution in [1.82, 2.24) is 5.32 Å². The Bertz CT molecular complexity index is 1030. The Morgan fingerprint density at radius 1 is 0.788 bits per heavy atom. The Labute approximate surface area is 194 Å².